The summed E-state index contributed by atoms with van der Waals surface area (Å²) in [6.45, 7) is 0. The van der Waals surface area contributed by atoms with Gasteiger partial charge in [0.25, 0.3) is 0 Å². The summed E-state index contributed by atoms with van der Waals surface area (Å²) in [5.41, 5.74) is 0.594. The molecule has 3 rings (SSSR count). The Hall–Kier alpha value is -2.17. The molecule has 0 radical (unpaired) electrons. The van der Waals surface area contributed by atoms with E-state index in [1.165, 1.54) is 0 Å². The average Bonchev–Trinajstić information content (AvgIpc) is 2.51. The van der Waals surface area contributed by atoms with Crippen LogP contribution in [0.2, 0.25) is 10.0 Å². The Balaban J connectivity index is 1.85. The van der Waals surface area contributed by atoms with Crippen LogP contribution in [0.5, 0.6) is 0 Å². The predicted molar refractivity (Wildman–Crippen MR) is 88.3 cm³/mol. The topological polar surface area (TPSA) is 54.9 Å². The fraction of sp³-hybridized carbons (Fsp3) is 0.0625. The van der Waals surface area contributed by atoms with Gasteiger partial charge >= 0.3 is 0 Å². The highest BCUT2D eigenvalue weighted by Crippen LogP contribution is 2.25. The van der Waals surface area contributed by atoms with Gasteiger partial charge in [0.05, 0.1) is 12.6 Å². The molecule has 22 heavy (non-hydrogen) atoms. The van der Waals surface area contributed by atoms with Crippen molar-refractivity contribution in [1.82, 2.24) is 10.2 Å². The van der Waals surface area contributed by atoms with E-state index < -0.39 is 0 Å². The maximum atomic E-state index is 12.2. The number of hydrogen-bond acceptors (Lipinski definition) is 3. The molecule has 6 heteroatoms. The van der Waals surface area contributed by atoms with Gasteiger partial charge in [-0.2, -0.15) is 5.10 Å². The molecule has 0 atom stereocenters. The highest BCUT2D eigenvalue weighted by atomic mass is 35.5. The lowest BCUT2D eigenvalue weighted by Gasteiger charge is -2.09. The van der Waals surface area contributed by atoms with Crippen molar-refractivity contribution in [2.45, 2.75) is 6.42 Å². The molecular weight excluding hydrogens is 321 g/mol. The van der Waals surface area contributed by atoms with Crippen LogP contribution in [0.4, 0.5) is 5.82 Å². The number of fused-ring (bicyclic) bond motifs is 1. The summed E-state index contributed by atoms with van der Waals surface area (Å²) in [4.78, 5) is 12.2. The maximum absolute atomic E-state index is 12.2. The highest BCUT2D eigenvalue weighted by molar-refractivity contribution is 6.36. The number of rotatable bonds is 3. The highest BCUT2D eigenvalue weighted by Gasteiger charge is 2.13. The first-order valence-corrected chi connectivity index (χ1v) is 7.34. The smallest absolute Gasteiger partial charge is 0.230 e. The van der Waals surface area contributed by atoms with Crippen LogP contribution in [0, 0.1) is 0 Å². The fourth-order valence-corrected chi connectivity index (χ4v) is 2.69. The van der Waals surface area contributed by atoms with Crippen molar-refractivity contribution >= 4 is 45.7 Å². The largest absolute Gasteiger partial charge is 0.308 e. The Morgan fingerprint density at radius 1 is 1.05 bits per heavy atom. The Morgan fingerprint density at radius 2 is 1.77 bits per heavy atom. The first-order valence-electron chi connectivity index (χ1n) is 6.58. The van der Waals surface area contributed by atoms with Gasteiger partial charge in [-0.05, 0) is 17.7 Å². The van der Waals surface area contributed by atoms with Gasteiger partial charge in [0.15, 0.2) is 5.82 Å². The van der Waals surface area contributed by atoms with Crippen LogP contribution in [-0.4, -0.2) is 16.1 Å². The van der Waals surface area contributed by atoms with Gasteiger partial charge in [-0.1, -0.05) is 53.5 Å². The van der Waals surface area contributed by atoms with Gasteiger partial charge in [0.1, 0.15) is 0 Å². The maximum Gasteiger partial charge on any atom is 0.230 e. The van der Waals surface area contributed by atoms with Crippen LogP contribution in [0.15, 0.2) is 48.7 Å². The molecule has 1 N–H and O–H groups in total. The standard InChI is InChI=1S/C16H11Cl2N3O/c17-13-6-3-7-14(18)12(13)8-15(22)20-16-11-5-2-1-4-10(11)9-19-21-16/h1-7,9H,8H2,(H,20,21,22). The molecule has 0 spiro atoms. The molecule has 0 bridgehead atoms. The molecular formula is C16H11Cl2N3O. The summed E-state index contributed by atoms with van der Waals surface area (Å²) in [7, 11) is 0. The number of anilines is 1. The van der Waals surface area contributed by atoms with Crippen molar-refractivity contribution in [2.24, 2.45) is 0 Å². The van der Waals surface area contributed by atoms with E-state index in [0.29, 0.717) is 21.4 Å². The normalized spacial score (nSPS) is 10.6. The summed E-state index contributed by atoms with van der Waals surface area (Å²) in [6, 6.07) is 12.7. The molecule has 0 aliphatic rings. The monoisotopic (exact) mass is 331 g/mol. The van der Waals surface area contributed by atoms with Gasteiger partial charge in [0.2, 0.25) is 5.91 Å². The predicted octanol–water partition coefficient (Wildman–Crippen LogP) is 4.12. The number of nitrogens with zero attached hydrogens (tertiary/aromatic N) is 2. The van der Waals surface area contributed by atoms with E-state index in [4.69, 9.17) is 23.2 Å². The second kappa shape index (κ2) is 6.30. The number of carbonyl (C=O) groups excluding carboxylic acids is 1. The molecule has 0 saturated carbocycles. The molecule has 0 aliphatic carbocycles. The number of amides is 1. The summed E-state index contributed by atoms with van der Waals surface area (Å²) in [5, 5.41) is 13.3. The Morgan fingerprint density at radius 3 is 2.55 bits per heavy atom. The van der Waals surface area contributed by atoms with Crippen molar-refractivity contribution in [3.8, 4) is 0 Å². The zero-order valence-corrected chi connectivity index (χ0v) is 12.9. The van der Waals surface area contributed by atoms with Crippen LogP contribution >= 0.6 is 23.2 Å². The van der Waals surface area contributed by atoms with Gasteiger partial charge in [-0.3, -0.25) is 4.79 Å². The van der Waals surface area contributed by atoms with E-state index in [-0.39, 0.29) is 12.3 Å². The molecule has 4 nitrogen and oxygen atoms in total. The molecule has 110 valence electrons. The van der Waals surface area contributed by atoms with Crippen molar-refractivity contribution in [3.05, 3.63) is 64.3 Å². The number of halogens is 2. The molecule has 1 aromatic heterocycles. The molecule has 0 aliphatic heterocycles. The lowest BCUT2D eigenvalue weighted by molar-refractivity contribution is -0.115. The van der Waals surface area contributed by atoms with Crippen LogP contribution in [0.1, 0.15) is 5.56 Å². The van der Waals surface area contributed by atoms with E-state index >= 15 is 0 Å². The molecule has 0 saturated heterocycles. The molecule has 0 unspecified atom stereocenters. The summed E-state index contributed by atoms with van der Waals surface area (Å²) in [5.74, 6) is 0.173. The van der Waals surface area contributed by atoms with Crippen molar-refractivity contribution in [1.29, 1.82) is 0 Å². The molecule has 0 fully saturated rings. The lowest BCUT2D eigenvalue weighted by atomic mass is 10.1. The van der Waals surface area contributed by atoms with Crippen LogP contribution < -0.4 is 5.32 Å². The number of carbonyl (C=O) groups is 1. The number of benzene rings is 2. The van der Waals surface area contributed by atoms with E-state index in [0.717, 1.165) is 10.8 Å². The minimum absolute atomic E-state index is 0.0728. The SMILES string of the molecule is O=C(Cc1c(Cl)cccc1Cl)Nc1nncc2ccccc12. The van der Waals surface area contributed by atoms with Gasteiger partial charge in [0, 0.05) is 20.8 Å². The third-order valence-electron chi connectivity index (χ3n) is 3.23. The van der Waals surface area contributed by atoms with E-state index in [1.54, 1.807) is 24.4 Å². The first kappa shape index (κ1) is 14.8. The lowest BCUT2D eigenvalue weighted by Crippen LogP contribution is -2.16. The number of aromatic nitrogens is 2. The minimum Gasteiger partial charge on any atom is -0.308 e. The summed E-state index contributed by atoms with van der Waals surface area (Å²) in [6.07, 6.45) is 1.72. The van der Waals surface area contributed by atoms with Crippen LogP contribution in [0.25, 0.3) is 10.8 Å². The number of hydrogen-bond donors (Lipinski definition) is 1. The second-order valence-corrected chi connectivity index (χ2v) is 5.52. The Bertz CT molecular complexity index is 826. The summed E-state index contributed by atoms with van der Waals surface area (Å²) < 4.78 is 0. The molecule has 1 heterocycles. The van der Waals surface area contributed by atoms with E-state index in [1.807, 2.05) is 24.3 Å². The minimum atomic E-state index is -0.249. The van der Waals surface area contributed by atoms with Crippen molar-refractivity contribution < 1.29 is 4.79 Å². The van der Waals surface area contributed by atoms with Crippen molar-refractivity contribution in [2.75, 3.05) is 5.32 Å². The molecule has 3 aromatic rings. The third kappa shape index (κ3) is 3.03. The van der Waals surface area contributed by atoms with Crippen LogP contribution in [-0.2, 0) is 11.2 Å². The fourth-order valence-electron chi connectivity index (χ4n) is 2.16. The third-order valence-corrected chi connectivity index (χ3v) is 3.94. The Labute approximate surface area is 137 Å². The zero-order chi connectivity index (χ0) is 15.5. The first-order chi connectivity index (χ1) is 10.6. The van der Waals surface area contributed by atoms with Gasteiger partial charge in [-0.25, -0.2) is 0 Å². The van der Waals surface area contributed by atoms with Gasteiger partial charge in [-0.15, -0.1) is 5.10 Å². The van der Waals surface area contributed by atoms with Crippen LogP contribution in [0.3, 0.4) is 0 Å². The zero-order valence-electron chi connectivity index (χ0n) is 11.4. The molecule has 1 amide bonds. The second-order valence-electron chi connectivity index (χ2n) is 4.71. The number of nitrogens with one attached hydrogen (secondary N) is 1. The summed E-state index contributed by atoms with van der Waals surface area (Å²) >= 11 is 12.2. The quantitative estimate of drug-likeness (QED) is 0.785. The molecule has 2 aromatic carbocycles. The Kier molecular flexibility index (Phi) is 4.22. The van der Waals surface area contributed by atoms with Crippen molar-refractivity contribution in [3.63, 3.8) is 0 Å². The van der Waals surface area contributed by atoms with E-state index in [9.17, 15) is 4.79 Å². The van der Waals surface area contributed by atoms with Gasteiger partial charge < -0.3 is 5.32 Å². The average molecular weight is 332 g/mol. The van der Waals surface area contributed by atoms with E-state index in [2.05, 4.69) is 15.5 Å².